The van der Waals surface area contributed by atoms with Crippen LogP contribution in [0.25, 0.3) is 0 Å². The normalized spacial score (nSPS) is 28.2. The van der Waals surface area contributed by atoms with E-state index in [1.807, 2.05) is 0 Å². The summed E-state index contributed by atoms with van der Waals surface area (Å²) in [4.78, 5) is 2.37. The van der Waals surface area contributed by atoms with E-state index < -0.39 is 0 Å². The number of ether oxygens (including phenoxy) is 1. The Morgan fingerprint density at radius 1 is 1.24 bits per heavy atom. The van der Waals surface area contributed by atoms with Crippen molar-refractivity contribution in [1.29, 1.82) is 0 Å². The summed E-state index contributed by atoms with van der Waals surface area (Å²) in [5.74, 6) is 0. The second kappa shape index (κ2) is 5.95. The van der Waals surface area contributed by atoms with E-state index in [9.17, 15) is 5.11 Å². The zero-order chi connectivity index (χ0) is 14.9. The maximum atomic E-state index is 9.77. The van der Waals surface area contributed by atoms with Crippen LogP contribution in [0.15, 0.2) is 24.3 Å². The van der Waals surface area contributed by atoms with Gasteiger partial charge in [-0.05, 0) is 24.1 Å². The predicted molar refractivity (Wildman–Crippen MR) is 84.5 cm³/mol. The van der Waals surface area contributed by atoms with Gasteiger partial charge in [-0.15, -0.1) is 0 Å². The van der Waals surface area contributed by atoms with E-state index in [1.165, 1.54) is 11.3 Å². The molecule has 0 amide bonds. The minimum absolute atomic E-state index is 0.00621. The fourth-order valence-electron chi connectivity index (χ4n) is 3.14. The van der Waals surface area contributed by atoms with Crippen LogP contribution in [-0.4, -0.2) is 43.6 Å². The first kappa shape index (κ1) is 14.8. The highest BCUT2D eigenvalue weighted by Gasteiger charge is 2.46. The lowest BCUT2D eigenvalue weighted by atomic mass is 9.64. The third-order valence-electron chi connectivity index (χ3n) is 5.08. The molecular formula is C17H26N2O2. The summed E-state index contributed by atoms with van der Waals surface area (Å²) in [5, 5.41) is 13.3. The van der Waals surface area contributed by atoms with Gasteiger partial charge in [0.15, 0.2) is 0 Å². The monoisotopic (exact) mass is 290 g/mol. The van der Waals surface area contributed by atoms with Gasteiger partial charge in [0.2, 0.25) is 0 Å². The zero-order valence-corrected chi connectivity index (χ0v) is 13.0. The third-order valence-corrected chi connectivity index (χ3v) is 5.08. The van der Waals surface area contributed by atoms with Crippen LogP contribution >= 0.6 is 0 Å². The Morgan fingerprint density at radius 3 is 2.48 bits per heavy atom. The number of anilines is 1. The molecule has 0 aromatic heterocycles. The molecule has 2 aliphatic rings. The molecule has 1 aromatic carbocycles. The second-order valence-corrected chi connectivity index (χ2v) is 6.77. The lowest BCUT2D eigenvalue weighted by molar-refractivity contribution is -0.0729. The molecule has 1 aliphatic carbocycles. The molecule has 2 N–H and O–H groups in total. The average molecular weight is 290 g/mol. The Labute approximate surface area is 127 Å². The first-order valence-electron chi connectivity index (χ1n) is 7.90. The van der Waals surface area contributed by atoms with Crippen LogP contribution in [0.3, 0.4) is 0 Å². The van der Waals surface area contributed by atoms with Gasteiger partial charge in [-0.1, -0.05) is 26.0 Å². The molecule has 1 aromatic rings. The van der Waals surface area contributed by atoms with Crippen LogP contribution in [0.2, 0.25) is 0 Å². The lowest BCUT2D eigenvalue weighted by Gasteiger charge is -2.49. The SMILES string of the molecule is CC1(C)C(O)CC1NCc1ccc(N2CCOCC2)cc1. The van der Waals surface area contributed by atoms with Gasteiger partial charge in [-0.25, -0.2) is 0 Å². The molecule has 3 rings (SSSR count). The van der Waals surface area contributed by atoms with E-state index in [0.717, 1.165) is 39.3 Å². The first-order valence-corrected chi connectivity index (χ1v) is 7.90. The van der Waals surface area contributed by atoms with Crippen molar-refractivity contribution in [2.24, 2.45) is 5.41 Å². The summed E-state index contributed by atoms with van der Waals surface area (Å²) >= 11 is 0. The van der Waals surface area contributed by atoms with E-state index in [4.69, 9.17) is 4.74 Å². The van der Waals surface area contributed by atoms with Crippen molar-refractivity contribution in [3.63, 3.8) is 0 Å². The molecule has 2 atom stereocenters. The fraction of sp³-hybridized carbons (Fsp3) is 0.647. The van der Waals surface area contributed by atoms with Gasteiger partial charge in [0, 0.05) is 36.8 Å². The Hall–Kier alpha value is -1.10. The molecular weight excluding hydrogens is 264 g/mol. The molecule has 1 saturated carbocycles. The highest BCUT2D eigenvalue weighted by atomic mass is 16.5. The van der Waals surface area contributed by atoms with Gasteiger partial charge in [-0.3, -0.25) is 0 Å². The summed E-state index contributed by atoms with van der Waals surface area (Å²) < 4.78 is 5.38. The molecule has 2 unspecified atom stereocenters. The zero-order valence-electron chi connectivity index (χ0n) is 13.0. The minimum Gasteiger partial charge on any atom is -0.392 e. The highest BCUT2D eigenvalue weighted by molar-refractivity contribution is 5.47. The van der Waals surface area contributed by atoms with Crippen LogP contribution in [-0.2, 0) is 11.3 Å². The molecule has 1 heterocycles. The molecule has 0 spiro atoms. The molecule has 0 bridgehead atoms. The summed E-state index contributed by atoms with van der Waals surface area (Å²) in [6, 6.07) is 9.19. The Balaban J connectivity index is 1.53. The fourth-order valence-corrected chi connectivity index (χ4v) is 3.14. The molecule has 21 heavy (non-hydrogen) atoms. The topological polar surface area (TPSA) is 44.7 Å². The van der Waals surface area contributed by atoms with Crippen molar-refractivity contribution >= 4 is 5.69 Å². The quantitative estimate of drug-likeness (QED) is 0.887. The summed E-state index contributed by atoms with van der Waals surface area (Å²) in [7, 11) is 0. The molecule has 116 valence electrons. The van der Waals surface area contributed by atoms with Gasteiger partial charge in [0.05, 0.1) is 19.3 Å². The lowest BCUT2D eigenvalue weighted by Crippen LogP contribution is -2.59. The molecule has 2 fully saturated rings. The smallest absolute Gasteiger partial charge is 0.0642 e. The van der Waals surface area contributed by atoms with E-state index in [-0.39, 0.29) is 11.5 Å². The molecule has 4 nitrogen and oxygen atoms in total. The van der Waals surface area contributed by atoms with Crippen molar-refractivity contribution in [3.05, 3.63) is 29.8 Å². The van der Waals surface area contributed by atoms with Crippen molar-refractivity contribution < 1.29 is 9.84 Å². The van der Waals surface area contributed by atoms with Gasteiger partial charge >= 0.3 is 0 Å². The maximum absolute atomic E-state index is 9.77. The van der Waals surface area contributed by atoms with E-state index in [2.05, 4.69) is 48.3 Å². The predicted octanol–water partition coefficient (Wildman–Crippen LogP) is 1.77. The van der Waals surface area contributed by atoms with E-state index >= 15 is 0 Å². The molecule has 1 saturated heterocycles. The Morgan fingerprint density at radius 2 is 1.90 bits per heavy atom. The van der Waals surface area contributed by atoms with Crippen LogP contribution in [0.5, 0.6) is 0 Å². The average Bonchev–Trinajstić information content (AvgIpc) is 2.52. The van der Waals surface area contributed by atoms with Gasteiger partial charge in [0.25, 0.3) is 0 Å². The van der Waals surface area contributed by atoms with Crippen LogP contribution in [0, 0.1) is 5.41 Å². The van der Waals surface area contributed by atoms with Crippen molar-refractivity contribution in [3.8, 4) is 0 Å². The minimum atomic E-state index is -0.168. The standard InChI is InChI=1S/C17H26N2O2/c1-17(2)15(11-16(17)20)18-12-13-3-5-14(6-4-13)19-7-9-21-10-8-19/h3-6,15-16,18,20H,7-12H2,1-2H3. The summed E-state index contributed by atoms with van der Waals surface area (Å²) in [6.07, 6.45) is 0.692. The number of nitrogens with zero attached hydrogens (tertiary/aromatic N) is 1. The number of benzene rings is 1. The third kappa shape index (κ3) is 3.07. The van der Waals surface area contributed by atoms with Crippen LogP contribution < -0.4 is 10.2 Å². The van der Waals surface area contributed by atoms with Crippen LogP contribution in [0.1, 0.15) is 25.8 Å². The number of nitrogens with one attached hydrogen (secondary N) is 1. The van der Waals surface area contributed by atoms with E-state index in [0.29, 0.717) is 6.04 Å². The molecule has 4 heteroatoms. The van der Waals surface area contributed by atoms with Crippen LogP contribution in [0.4, 0.5) is 5.69 Å². The Kier molecular flexibility index (Phi) is 4.20. The number of morpholine rings is 1. The number of aliphatic hydroxyl groups is 1. The molecule has 0 radical (unpaired) electrons. The van der Waals surface area contributed by atoms with Gasteiger partial charge in [0.1, 0.15) is 0 Å². The number of aliphatic hydroxyl groups excluding tert-OH is 1. The summed E-state index contributed by atoms with van der Waals surface area (Å²) in [6.45, 7) is 8.72. The molecule has 1 aliphatic heterocycles. The number of hydrogen-bond acceptors (Lipinski definition) is 4. The summed E-state index contributed by atoms with van der Waals surface area (Å²) in [5.41, 5.74) is 2.57. The maximum Gasteiger partial charge on any atom is 0.0642 e. The largest absolute Gasteiger partial charge is 0.392 e. The number of rotatable bonds is 4. The van der Waals surface area contributed by atoms with E-state index in [1.54, 1.807) is 0 Å². The van der Waals surface area contributed by atoms with Crippen molar-refractivity contribution in [1.82, 2.24) is 5.32 Å². The number of hydrogen-bond donors (Lipinski definition) is 2. The highest BCUT2D eigenvalue weighted by Crippen LogP contribution is 2.40. The Bertz CT molecular complexity index is 466. The first-order chi connectivity index (χ1) is 10.1. The van der Waals surface area contributed by atoms with Gasteiger partial charge < -0.3 is 20.1 Å². The van der Waals surface area contributed by atoms with Crippen molar-refractivity contribution in [2.75, 3.05) is 31.2 Å². The second-order valence-electron chi connectivity index (χ2n) is 6.77. The van der Waals surface area contributed by atoms with Crippen molar-refractivity contribution in [2.45, 2.75) is 39.0 Å². The van der Waals surface area contributed by atoms with Gasteiger partial charge in [-0.2, -0.15) is 0 Å².